The Labute approximate surface area is 122 Å². The zero-order valence-electron chi connectivity index (χ0n) is 12.2. The molecule has 2 rings (SSSR count). The van der Waals surface area contributed by atoms with Crippen molar-refractivity contribution in [1.82, 2.24) is 9.78 Å². The molecule has 8 heteroatoms. The van der Waals surface area contributed by atoms with Crippen LogP contribution < -0.4 is 10.6 Å². The van der Waals surface area contributed by atoms with E-state index >= 15 is 0 Å². The molecule has 1 aliphatic rings. The van der Waals surface area contributed by atoms with Crippen molar-refractivity contribution >= 4 is 23.4 Å². The number of nitrogens with two attached hydrogens (primary N) is 1. The molecule has 0 radical (unpaired) electrons. The summed E-state index contributed by atoms with van der Waals surface area (Å²) in [6.07, 6.45) is 2.95. The van der Waals surface area contributed by atoms with Crippen molar-refractivity contribution in [2.45, 2.75) is 38.3 Å². The van der Waals surface area contributed by atoms with E-state index in [4.69, 9.17) is 15.6 Å². The number of aromatic nitrogens is 2. The van der Waals surface area contributed by atoms with Crippen molar-refractivity contribution < 1.29 is 19.4 Å². The summed E-state index contributed by atoms with van der Waals surface area (Å²) in [4.78, 5) is 24.6. The highest BCUT2D eigenvalue weighted by atomic mass is 16.5. The maximum Gasteiger partial charge on any atom is 0.328 e. The van der Waals surface area contributed by atoms with Gasteiger partial charge in [0.15, 0.2) is 5.82 Å². The van der Waals surface area contributed by atoms with Crippen LogP contribution in [0.4, 0.5) is 11.5 Å². The van der Waals surface area contributed by atoms with Crippen LogP contribution in [-0.4, -0.2) is 46.5 Å². The fraction of sp³-hybridized carbons (Fsp3) is 0.615. The van der Waals surface area contributed by atoms with Gasteiger partial charge in [0.05, 0.1) is 31.5 Å². The molecule has 2 unspecified atom stereocenters. The molecular weight excluding hydrogens is 276 g/mol. The zero-order chi connectivity index (χ0) is 15.6. The van der Waals surface area contributed by atoms with Gasteiger partial charge in [0.2, 0.25) is 0 Å². The Balaban J connectivity index is 2.32. The lowest BCUT2D eigenvalue weighted by molar-refractivity contribution is -0.142. The van der Waals surface area contributed by atoms with E-state index in [-0.39, 0.29) is 18.4 Å². The largest absolute Gasteiger partial charge is 0.481 e. The minimum absolute atomic E-state index is 0.0646. The molecule has 1 fully saturated rings. The van der Waals surface area contributed by atoms with Gasteiger partial charge < -0.3 is 20.5 Å². The average molecular weight is 296 g/mol. The lowest BCUT2D eigenvalue weighted by Gasteiger charge is -2.27. The molecular formula is C13H20N4O4. The quantitative estimate of drug-likeness (QED) is 0.767. The van der Waals surface area contributed by atoms with Crippen LogP contribution in [-0.2, 0) is 14.3 Å². The molecule has 8 nitrogen and oxygen atoms in total. The van der Waals surface area contributed by atoms with Gasteiger partial charge in [-0.15, -0.1) is 0 Å². The van der Waals surface area contributed by atoms with Crippen LogP contribution in [0.25, 0.3) is 0 Å². The summed E-state index contributed by atoms with van der Waals surface area (Å²) in [5, 5.41) is 13.1. The summed E-state index contributed by atoms with van der Waals surface area (Å²) >= 11 is 0. The van der Waals surface area contributed by atoms with Crippen LogP contribution in [0.1, 0.15) is 32.2 Å². The smallest absolute Gasteiger partial charge is 0.328 e. The molecule has 116 valence electrons. The first kappa shape index (κ1) is 15.1. The molecule has 0 bridgehead atoms. The predicted octanol–water partition coefficient (Wildman–Crippen LogP) is 0.643. The number of esters is 1. The summed E-state index contributed by atoms with van der Waals surface area (Å²) in [5.41, 5.74) is 6.40. The second-order valence-corrected chi connectivity index (χ2v) is 5.19. The average Bonchev–Trinajstić information content (AvgIpc) is 3.02. The molecule has 0 saturated carbocycles. The van der Waals surface area contributed by atoms with Crippen molar-refractivity contribution in [3.8, 4) is 0 Å². The first-order valence-corrected chi connectivity index (χ1v) is 6.85. The third kappa shape index (κ3) is 2.93. The summed E-state index contributed by atoms with van der Waals surface area (Å²) in [7, 11) is 1.35. The van der Waals surface area contributed by atoms with Crippen LogP contribution in [0.2, 0.25) is 0 Å². The molecule has 21 heavy (non-hydrogen) atoms. The number of carboxylic acids is 1. The van der Waals surface area contributed by atoms with Crippen molar-refractivity contribution in [1.29, 1.82) is 0 Å². The summed E-state index contributed by atoms with van der Waals surface area (Å²) in [5.74, 6) is -0.629. The van der Waals surface area contributed by atoms with Crippen molar-refractivity contribution in [2.75, 3.05) is 24.3 Å². The van der Waals surface area contributed by atoms with E-state index in [0.717, 1.165) is 6.42 Å². The monoisotopic (exact) mass is 296 g/mol. The van der Waals surface area contributed by atoms with Crippen LogP contribution in [0.5, 0.6) is 0 Å². The van der Waals surface area contributed by atoms with Gasteiger partial charge in [0.25, 0.3) is 0 Å². The molecule has 1 saturated heterocycles. The topological polar surface area (TPSA) is 111 Å². The number of hydrogen-bond donors (Lipinski definition) is 2. The normalized spacial score (nSPS) is 19.5. The third-order valence-electron chi connectivity index (χ3n) is 3.68. The molecule has 1 aromatic heterocycles. The Morgan fingerprint density at radius 1 is 1.62 bits per heavy atom. The van der Waals surface area contributed by atoms with E-state index in [2.05, 4.69) is 5.10 Å². The van der Waals surface area contributed by atoms with Crippen LogP contribution in [0.15, 0.2) is 6.20 Å². The number of ether oxygens (including phenoxy) is 1. The highest BCUT2D eigenvalue weighted by molar-refractivity contribution is 5.82. The number of nitrogens with zero attached hydrogens (tertiary/aromatic N) is 3. The number of carboxylic acid groups (broad SMARTS) is 1. The van der Waals surface area contributed by atoms with Crippen molar-refractivity contribution in [3.05, 3.63) is 6.20 Å². The maximum atomic E-state index is 11.9. The number of methoxy groups -OCH3 is 1. The summed E-state index contributed by atoms with van der Waals surface area (Å²) < 4.78 is 6.40. The van der Waals surface area contributed by atoms with Crippen LogP contribution in [0, 0.1) is 0 Å². The molecule has 3 N–H and O–H groups in total. The van der Waals surface area contributed by atoms with E-state index in [1.807, 2.05) is 4.90 Å². The highest BCUT2D eigenvalue weighted by Crippen LogP contribution is 2.33. The maximum absolute atomic E-state index is 11.9. The molecule has 1 aromatic rings. The number of nitrogen functional groups attached to an aromatic ring is 1. The van der Waals surface area contributed by atoms with E-state index < -0.39 is 12.0 Å². The van der Waals surface area contributed by atoms with Gasteiger partial charge in [-0.2, -0.15) is 5.10 Å². The number of rotatable bonds is 5. The molecule has 0 aliphatic carbocycles. The van der Waals surface area contributed by atoms with Crippen molar-refractivity contribution in [2.24, 2.45) is 0 Å². The first-order chi connectivity index (χ1) is 9.95. The van der Waals surface area contributed by atoms with Gasteiger partial charge in [-0.05, 0) is 19.8 Å². The van der Waals surface area contributed by atoms with Crippen LogP contribution in [0.3, 0.4) is 0 Å². The summed E-state index contributed by atoms with van der Waals surface area (Å²) in [6, 6.07) is -0.751. The van der Waals surface area contributed by atoms with E-state index in [1.165, 1.54) is 13.3 Å². The fourth-order valence-corrected chi connectivity index (χ4v) is 2.73. The molecule has 0 aromatic carbocycles. The standard InChI is InChI=1S/C13H20N4O4/c1-8(6-11(18)19)17-12(9(14)7-15-17)16-5-3-4-10(16)13(20)21-2/h7-8,10H,3-6,14H2,1-2H3,(H,18,19). The lowest BCUT2D eigenvalue weighted by Crippen LogP contribution is -2.39. The number of carbonyl (C=O) groups is 2. The van der Waals surface area contributed by atoms with Gasteiger partial charge in [-0.25, -0.2) is 9.48 Å². The third-order valence-corrected chi connectivity index (χ3v) is 3.68. The molecule has 1 aliphatic heterocycles. The second-order valence-electron chi connectivity index (χ2n) is 5.19. The Morgan fingerprint density at radius 3 is 2.95 bits per heavy atom. The molecule has 0 amide bonds. The Hall–Kier alpha value is -2.25. The summed E-state index contributed by atoms with van der Waals surface area (Å²) in [6.45, 7) is 2.42. The number of carbonyl (C=O) groups excluding carboxylic acids is 1. The van der Waals surface area contributed by atoms with Gasteiger partial charge in [-0.1, -0.05) is 0 Å². The minimum Gasteiger partial charge on any atom is -0.481 e. The highest BCUT2D eigenvalue weighted by Gasteiger charge is 2.35. The van der Waals surface area contributed by atoms with Crippen LogP contribution >= 0.6 is 0 Å². The number of hydrogen-bond acceptors (Lipinski definition) is 6. The Kier molecular flexibility index (Phi) is 4.35. The SMILES string of the molecule is COC(=O)C1CCCN1c1c(N)cnn1C(C)CC(=O)O. The molecule has 2 atom stereocenters. The molecule has 0 spiro atoms. The predicted molar refractivity (Wildman–Crippen MR) is 76.0 cm³/mol. The van der Waals surface area contributed by atoms with E-state index in [9.17, 15) is 9.59 Å². The molecule has 2 heterocycles. The number of aliphatic carboxylic acids is 1. The second kappa shape index (κ2) is 6.02. The first-order valence-electron chi connectivity index (χ1n) is 6.85. The zero-order valence-corrected chi connectivity index (χ0v) is 12.2. The fourth-order valence-electron chi connectivity index (χ4n) is 2.73. The Bertz CT molecular complexity index is 542. The van der Waals surface area contributed by atoms with Gasteiger partial charge in [0, 0.05) is 6.54 Å². The van der Waals surface area contributed by atoms with Gasteiger partial charge in [-0.3, -0.25) is 4.79 Å². The van der Waals surface area contributed by atoms with Gasteiger partial charge in [0.1, 0.15) is 6.04 Å². The van der Waals surface area contributed by atoms with Crippen molar-refractivity contribution in [3.63, 3.8) is 0 Å². The lowest BCUT2D eigenvalue weighted by atomic mass is 10.2. The van der Waals surface area contributed by atoms with Gasteiger partial charge >= 0.3 is 11.9 Å². The van der Waals surface area contributed by atoms with E-state index in [0.29, 0.717) is 24.5 Å². The number of anilines is 2. The minimum atomic E-state index is -0.909. The Morgan fingerprint density at radius 2 is 2.33 bits per heavy atom. The van der Waals surface area contributed by atoms with E-state index in [1.54, 1.807) is 11.6 Å².